The first-order valence-corrected chi connectivity index (χ1v) is 15.7. The van der Waals surface area contributed by atoms with Crippen LogP contribution < -0.4 is 0 Å². The normalized spacial score (nSPS) is 11.6. The van der Waals surface area contributed by atoms with E-state index in [4.69, 9.17) is 0 Å². The largest absolute Gasteiger partial charge is 0.0622 e. The monoisotopic (exact) mass is 662 g/mol. The summed E-state index contributed by atoms with van der Waals surface area (Å²) in [5, 5.41) is 7.55. The summed E-state index contributed by atoms with van der Waals surface area (Å²) in [6.07, 6.45) is 0. The van der Waals surface area contributed by atoms with Gasteiger partial charge in [-0.25, -0.2) is 0 Å². The predicted molar refractivity (Wildman–Crippen MR) is 187 cm³/mol. The summed E-state index contributed by atoms with van der Waals surface area (Å²) in [5.74, 6) is 0. The first kappa shape index (κ1) is 25.5. The van der Waals surface area contributed by atoms with Crippen molar-refractivity contribution in [2.24, 2.45) is 0 Å². The summed E-state index contributed by atoms with van der Waals surface area (Å²) < 4.78 is 2.21. The van der Waals surface area contributed by atoms with E-state index in [1.54, 1.807) is 0 Å². The molecule has 0 aliphatic heterocycles. The number of benzene rings is 8. The molecule has 0 aliphatic carbocycles. The van der Waals surface area contributed by atoms with Gasteiger partial charge in [0.25, 0.3) is 0 Å². The SMILES string of the molecule is Brc1cc(-c2ccccc2-c2ccccc2)c2ccc3c(Br)cc(-c4ccccc4-c4ccccc4)c4ccc1c2c34. The molecule has 0 bridgehead atoms. The van der Waals surface area contributed by atoms with Gasteiger partial charge in [0, 0.05) is 8.95 Å². The molecule has 0 amide bonds. The first-order chi connectivity index (χ1) is 20.7. The molecule has 0 atom stereocenters. The lowest BCUT2D eigenvalue weighted by Gasteiger charge is -2.20. The van der Waals surface area contributed by atoms with Crippen molar-refractivity contribution in [2.45, 2.75) is 0 Å². The van der Waals surface area contributed by atoms with E-state index in [-0.39, 0.29) is 0 Å². The van der Waals surface area contributed by atoms with Crippen LogP contribution >= 0.6 is 31.9 Å². The summed E-state index contributed by atoms with van der Waals surface area (Å²) in [5.41, 5.74) is 9.84. The molecular formula is C40H24Br2. The maximum Gasteiger partial charge on any atom is 0.0260 e. The van der Waals surface area contributed by atoms with Crippen LogP contribution in [0.4, 0.5) is 0 Å². The van der Waals surface area contributed by atoms with Gasteiger partial charge in [-0.15, -0.1) is 0 Å². The van der Waals surface area contributed by atoms with E-state index in [1.807, 2.05) is 0 Å². The van der Waals surface area contributed by atoms with Crippen LogP contribution in [0.2, 0.25) is 0 Å². The van der Waals surface area contributed by atoms with Crippen molar-refractivity contribution in [3.05, 3.63) is 155 Å². The molecule has 0 fully saturated rings. The third-order valence-electron chi connectivity index (χ3n) is 8.40. The third kappa shape index (κ3) is 4.01. The zero-order valence-electron chi connectivity index (χ0n) is 22.6. The number of rotatable bonds is 4. The topological polar surface area (TPSA) is 0 Å². The lowest BCUT2D eigenvalue weighted by Crippen LogP contribution is -1.93. The average Bonchev–Trinajstić information content (AvgIpc) is 3.06. The van der Waals surface area contributed by atoms with E-state index < -0.39 is 0 Å². The lowest BCUT2D eigenvalue weighted by atomic mass is 9.85. The standard InChI is InChI=1S/C40H24Br2/c41-37-23-35(29-17-9-7-15-27(29)25-11-3-1-4-12-25)31-19-21-34-38(42)24-36(32-20-22-33(37)39(31)40(32)34)30-18-10-8-16-28(30)26-13-5-2-6-14-26/h1-24H. The molecule has 0 spiro atoms. The van der Waals surface area contributed by atoms with E-state index in [9.17, 15) is 0 Å². The Kier molecular flexibility index (Phi) is 6.21. The van der Waals surface area contributed by atoms with Gasteiger partial charge >= 0.3 is 0 Å². The fraction of sp³-hybridized carbons (Fsp3) is 0. The van der Waals surface area contributed by atoms with Crippen LogP contribution in [-0.4, -0.2) is 0 Å². The number of hydrogen-bond acceptors (Lipinski definition) is 0. The van der Waals surface area contributed by atoms with Crippen molar-refractivity contribution in [3.8, 4) is 44.5 Å². The highest BCUT2D eigenvalue weighted by Crippen LogP contribution is 2.48. The van der Waals surface area contributed by atoms with Gasteiger partial charge in [0.1, 0.15) is 0 Å². The van der Waals surface area contributed by atoms with Gasteiger partial charge in [-0.1, -0.05) is 165 Å². The van der Waals surface area contributed by atoms with Crippen LogP contribution in [-0.2, 0) is 0 Å². The molecule has 0 radical (unpaired) electrons. The minimum absolute atomic E-state index is 1.11. The predicted octanol–water partition coefficient (Wildman–Crippen LogP) is 12.8. The molecule has 0 saturated carbocycles. The summed E-state index contributed by atoms with van der Waals surface area (Å²) in [6.45, 7) is 0. The van der Waals surface area contributed by atoms with Crippen LogP contribution in [0.25, 0.3) is 76.8 Å². The van der Waals surface area contributed by atoms with E-state index in [1.165, 1.54) is 76.8 Å². The van der Waals surface area contributed by atoms with Crippen molar-refractivity contribution >= 4 is 64.2 Å². The third-order valence-corrected chi connectivity index (χ3v) is 9.71. The van der Waals surface area contributed by atoms with Gasteiger partial charge in [-0.05, 0) is 89.0 Å². The number of hydrogen-bond donors (Lipinski definition) is 0. The van der Waals surface area contributed by atoms with Crippen molar-refractivity contribution in [1.29, 1.82) is 0 Å². The fourth-order valence-corrected chi connectivity index (χ4v) is 7.65. The average molecular weight is 664 g/mol. The van der Waals surface area contributed by atoms with Gasteiger partial charge in [0.2, 0.25) is 0 Å². The molecule has 198 valence electrons. The van der Waals surface area contributed by atoms with Crippen molar-refractivity contribution in [1.82, 2.24) is 0 Å². The molecule has 0 heterocycles. The Labute approximate surface area is 261 Å². The van der Waals surface area contributed by atoms with Gasteiger partial charge in [0.05, 0.1) is 0 Å². The molecule has 8 aromatic rings. The van der Waals surface area contributed by atoms with E-state index in [2.05, 4.69) is 177 Å². The van der Waals surface area contributed by atoms with Crippen molar-refractivity contribution in [3.63, 3.8) is 0 Å². The van der Waals surface area contributed by atoms with Gasteiger partial charge in [-0.2, -0.15) is 0 Å². The smallest absolute Gasteiger partial charge is 0.0260 e. The van der Waals surface area contributed by atoms with E-state index in [0.29, 0.717) is 0 Å². The van der Waals surface area contributed by atoms with Gasteiger partial charge in [-0.3, -0.25) is 0 Å². The minimum Gasteiger partial charge on any atom is -0.0622 e. The van der Waals surface area contributed by atoms with Gasteiger partial charge < -0.3 is 0 Å². The molecule has 42 heavy (non-hydrogen) atoms. The summed E-state index contributed by atoms with van der Waals surface area (Å²) in [7, 11) is 0. The molecule has 0 aliphatic rings. The molecule has 0 aromatic heterocycles. The van der Waals surface area contributed by atoms with E-state index >= 15 is 0 Å². The highest BCUT2D eigenvalue weighted by Gasteiger charge is 2.20. The fourth-order valence-electron chi connectivity index (χ4n) is 6.53. The van der Waals surface area contributed by atoms with Gasteiger partial charge in [0.15, 0.2) is 0 Å². The lowest BCUT2D eigenvalue weighted by molar-refractivity contribution is 1.59. The van der Waals surface area contributed by atoms with Crippen LogP contribution in [0.1, 0.15) is 0 Å². The second-order valence-corrected chi connectivity index (χ2v) is 12.4. The Morgan fingerprint density at radius 3 is 1.02 bits per heavy atom. The molecule has 0 unspecified atom stereocenters. The maximum atomic E-state index is 3.98. The number of halogens is 2. The molecule has 8 rings (SSSR count). The highest BCUT2D eigenvalue weighted by molar-refractivity contribution is 9.11. The summed E-state index contributed by atoms with van der Waals surface area (Å²) >= 11 is 7.97. The molecular weight excluding hydrogens is 640 g/mol. The zero-order chi connectivity index (χ0) is 28.2. The molecule has 0 saturated heterocycles. The highest BCUT2D eigenvalue weighted by atomic mass is 79.9. The van der Waals surface area contributed by atoms with Crippen LogP contribution in [0.15, 0.2) is 155 Å². The second-order valence-electron chi connectivity index (χ2n) is 10.7. The van der Waals surface area contributed by atoms with Crippen molar-refractivity contribution in [2.75, 3.05) is 0 Å². The molecule has 2 heteroatoms. The second kappa shape index (κ2) is 10.2. The first-order valence-electron chi connectivity index (χ1n) is 14.1. The van der Waals surface area contributed by atoms with E-state index in [0.717, 1.165) is 8.95 Å². The van der Waals surface area contributed by atoms with Crippen molar-refractivity contribution < 1.29 is 0 Å². The maximum absolute atomic E-state index is 3.98. The Morgan fingerprint density at radius 2 is 0.619 bits per heavy atom. The van der Waals surface area contributed by atoms with Crippen LogP contribution in [0.5, 0.6) is 0 Å². The Hall–Kier alpha value is -4.24. The molecule has 8 aromatic carbocycles. The Morgan fingerprint density at radius 1 is 0.286 bits per heavy atom. The van der Waals surface area contributed by atoms with Crippen LogP contribution in [0.3, 0.4) is 0 Å². The Bertz CT molecular complexity index is 2090. The van der Waals surface area contributed by atoms with Crippen LogP contribution in [0, 0.1) is 0 Å². The zero-order valence-corrected chi connectivity index (χ0v) is 25.8. The summed E-state index contributed by atoms with van der Waals surface area (Å²) in [4.78, 5) is 0. The minimum atomic E-state index is 1.11. The summed E-state index contributed by atoms with van der Waals surface area (Å²) in [6, 6.07) is 52.6. The quantitative estimate of drug-likeness (QED) is 0.164. The molecule has 0 N–H and O–H groups in total. The Balaban J connectivity index is 1.46. The molecule has 0 nitrogen and oxygen atoms in total.